The lowest BCUT2D eigenvalue weighted by atomic mass is 10.2. The standard InChI is InChI=1S/C17H15BrF2N2O2/c1-10-6-7-12(8-13(10)18)22(11(2)23)9-16(24)21-17-14(19)4-3-5-15(17)20/h3-8H,9H2,1-2H3,(H,21,24). The average molecular weight is 397 g/mol. The molecule has 1 N–H and O–H groups in total. The van der Waals surface area contributed by atoms with Gasteiger partial charge in [0.05, 0.1) is 0 Å². The van der Waals surface area contributed by atoms with Crippen LogP contribution in [0.5, 0.6) is 0 Å². The monoisotopic (exact) mass is 396 g/mol. The van der Waals surface area contributed by atoms with E-state index in [1.165, 1.54) is 17.9 Å². The molecule has 0 aliphatic rings. The van der Waals surface area contributed by atoms with Crippen molar-refractivity contribution in [2.24, 2.45) is 0 Å². The molecule has 0 saturated heterocycles. The smallest absolute Gasteiger partial charge is 0.244 e. The summed E-state index contributed by atoms with van der Waals surface area (Å²) >= 11 is 3.36. The summed E-state index contributed by atoms with van der Waals surface area (Å²) in [4.78, 5) is 25.2. The zero-order chi connectivity index (χ0) is 17.9. The number of aryl methyl sites for hydroxylation is 1. The number of anilines is 2. The highest BCUT2D eigenvalue weighted by atomic mass is 79.9. The fraction of sp³-hybridized carbons (Fsp3) is 0.176. The third-order valence-corrected chi connectivity index (χ3v) is 4.23. The molecular formula is C17H15BrF2N2O2. The van der Waals surface area contributed by atoms with Crippen LogP contribution in [0.1, 0.15) is 12.5 Å². The lowest BCUT2D eigenvalue weighted by Crippen LogP contribution is -2.37. The van der Waals surface area contributed by atoms with Crippen LogP contribution in [0.25, 0.3) is 0 Å². The molecule has 0 fully saturated rings. The van der Waals surface area contributed by atoms with E-state index >= 15 is 0 Å². The molecular weight excluding hydrogens is 382 g/mol. The van der Waals surface area contributed by atoms with E-state index in [4.69, 9.17) is 0 Å². The summed E-state index contributed by atoms with van der Waals surface area (Å²) < 4.78 is 28.0. The van der Waals surface area contributed by atoms with Gasteiger partial charge >= 0.3 is 0 Å². The first-order valence-electron chi connectivity index (χ1n) is 7.07. The Hall–Kier alpha value is -2.28. The largest absolute Gasteiger partial charge is 0.320 e. The predicted octanol–water partition coefficient (Wildman–Crippen LogP) is 4.03. The van der Waals surface area contributed by atoms with E-state index in [1.54, 1.807) is 18.2 Å². The molecule has 0 atom stereocenters. The number of amides is 2. The molecule has 0 spiro atoms. The summed E-state index contributed by atoms with van der Waals surface area (Å²) in [5.41, 5.74) is 0.945. The molecule has 2 rings (SSSR count). The van der Waals surface area contributed by atoms with Crippen molar-refractivity contribution in [2.75, 3.05) is 16.8 Å². The number of hydrogen-bond donors (Lipinski definition) is 1. The first kappa shape index (κ1) is 18.1. The summed E-state index contributed by atoms with van der Waals surface area (Å²) in [6.07, 6.45) is 0. The highest BCUT2D eigenvalue weighted by Gasteiger charge is 2.18. The quantitative estimate of drug-likeness (QED) is 0.847. The first-order valence-corrected chi connectivity index (χ1v) is 7.87. The van der Waals surface area contributed by atoms with E-state index in [-0.39, 0.29) is 12.5 Å². The number of benzene rings is 2. The van der Waals surface area contributed by atoms with Gasteiger partial charge in [0.15, 0.2) is 0 Å². The van der Waals surface area contributed by atoms with Crippen LogP contribution in [0.3, 0.4) is 0 Å². The topological polar surface area (TPSA) is 49.4 Å². The summed E-state index contributed by atoms with van der Waals surface area (Å²) in [7, 11) is 0. The second-order valence-corrected chi connectivity index (χ2v) is 6.04. The van der Waals surface area contributed by atoms with Crippen molar-refractivity contribution in [3.63, 3.8) is 0 Å². The van der Waals surface area contributed by atoms with Gasteiger partial charge in [-0.1, -0.05) is 28.1 Å². The highest BCUT2D eigenvalue weighted by molar-refractivity contribution is 9.10. The number of rotatable bonds is 4. The van der Waals surface area contributed by atoms with Crippen molar-refractivity contribution < 1.29 is 18.4 Å². The number of carbonyl (C=O) groups excluding carboxylic acids is 2. The Morgan fingerprint density at radius 2 is 1.79 bits per heavy atom. The maximum Gasteiger partial charge on any atom is 0.244 e. The van der Waals surface area contributed by atoms with E-state index in [1.807, 2.05) is 6.92 Å². The Morgan fingerprint density at radius 3 is 2.33 bits per heavy atom. The normalized spacial score (nSPS) is 10.4. The third-order valence-electron chi connectivity index (χ3n) is 3.38. The van der Waals surface area contributed by atoms with Gasteiger partial charge in [-0.25, -0.2) is 8.78 Å². The zero-order valence-electron chi connectivity index (χ0n) is 13.1. The van der Waals surface area contributed by atoms with Crippen molar-refractivity contribution in [2.45, 2.75) is 13.8 Å². The molecule has 7 heteroatoms. The Morgan fingerprint density at radius 1 is 1.17 bits per heavy atom. The SMILES string of the molecule is CC(=O)N(CC(=O)Nc1c(F)cccc1F)c1ccc(C)c(Br)c1. The van der Waals surface area contributed by atoms with E-state index in [0.29, 0.717) is 5.69 Å². The fourth-order valence-corrected chi connectivity index (χ4v) is 2.44. The van der Waals surface area contributed by atoms with E-state index in [2.05, 4.69) is 21.2 Å². The third kappa shape index (κ3) is 4.17. The van der Waals surface area contributed by atoms with E-state index in [9.17, 15) is 18.4 Å². The number of carbonyl (C=O) groups is 2. The molecule has 2 aromatic rings. The van der Waals surface area contributed by atoms with Gasteiger partial charge in [-0.2, -0.15) is 0 Å². The second kappa shape index (κ2) is 7.53. The summed E-state index contributed by atoms with van der Waals surface area (Å²) in [6, 6.07) is 8.47. The minimum Gasteiger partial charge on any atom is -0.320 e. The van der Waals surface area contributed by atoms with Crippen LogP contribution >= 0.6 is 15.9 Å². The van der Waals surface area contributed by atoms with Gasteiger partial charge < -0.3 is 10.2 Å². The van der Waals surface area contributed by atoms with Crippen LogP contribution < -0.4 is 10.2 Å². The molecule has 24 heavy (non-hydrogen) atoms. The number of halogens is 3. The lowest BCUT2D eigenvalue weighted by molar-refractivity contribution is -0.120. The fourth-order valence-electron chi connectivity index (χ4n) is 2.07. The summed E-state index contributed by atoms with van der Waals surface area (Å²) in [5.74, 6) is -2.83. The van der Waals surface area contributed by atoms with E-state index < -0.39 is 23.2 Å². The van der Waals surface area contributed by atoms with Gasteiger partial charge in [0.1, 0.15) is 23.9 Å². The minimum absolute atomic E-state index is 0.362. The Bertz CT molecular complexity index is 776. The molecule has 126 valence electrons. The van der Waals surface area contributed by atoms with Crippen LogP contribution in [0, 0.1) is 18.6 Å². The molecule has 0 saturated carbocycles. The lowest BCUT2D eigenvalue weighted by Gasteiger charge is -2.21. The van der Waals surface area contributed by atoms with Crippen LogP contribution in [-0.2, 0) is 9.59 Å². The molecule has 0 unspecified atom stereocenters. The van der Waals surface area contributed by atoms with Crippen molar-refractivity contribution in [1.29, 1.82) is 0 Å². The molecule has 0 aliphatic heterocycles. The van der Waals surface area contributed by atoms with Crippen LogP contribution in [-0.4, -0.2) is 18.4 Å². The number of nitrogens with zero attached hydrogens (tertiary/aromatic N) is 1. The summed E-state index contributed by atoms with van der Waals surface area (Å²) in [5, 5.41) is 2.17. The van der Waals surface area contributed by atoms with Crippen LogP contribution in [0.15, 0.2) is 40.9 Å². The van der Waals surface area contributed by atoms with Crippen LogP contribution in [0.4, 0.5) is 20.2 Å². The van der Waals surface area contributed by atoms with Gasteiger partial charge in [0.25, 0.3) is 0 Å². The molecule has 2 amide bonds. The van der Waals surface area contributed by atoms with Gasteiger partial charge in [-0.05, 0) is 36.8 Å². The number of nitrogens with one attached hydrogen (secondary N) is 1. The second-order valence-electron chi connectivity index (χ2n) is 5.18. The van der Waals surface area contributed by atoms with Crippen molar-refractivity contribution in [3.05, 3.63) is 58.1 Å². The Kier molecular flexibility index (Phi) is 5.66. The van der Waals surface area contributed by atoms with Crippen LogP contribution in [0.2, 0.25) is 0 Å². The number of para-hydroxylation sites is 1. The maximum absolute atomic E-state index is 13.6. The molecule has 2 aromatic carbocycles. The first-order chi connectivity index (χ1) is 11.3. The molecule has 0 bridgehead atoms. The summed E-state index contributed by atoms with van der Waals surface area (Å²) in [6.45, 7) is 2.84. The Balaban J connectivity index is 2.20. The molecule has 4 nitrogen and oxygen atoms in total. The molecule has 0 aromatic heterocycles. The van der Waals surface area contributed by atoms with Crippen molar-refractivity contribution in [3.8, 4) is 0 Å². The van der Waals surface area contributed by atoms with E-state index in [0.717, 1.165) is 22.2 Å². The molecule has 0 radical (unpaired) electrons. The minimum atomic E-state index is -0.879. The predicted molar refractivity (Wildman–Crippen MR) is 91.9 cm³/mol. The molecule has 0 aliphatic carbocycles. The zero-order valence-corrected chi connectivity index (χ0v) is 14.7. The number of hydrogen-bond acceptors (Lipinski definition) is 2. The highest BCUT2D eigenvalue weighted by Crippen LogP contribution is 2.24. The average Bonchev–Trinajstić information content (AvgIpc) is 2.51. The van der Waals surface area contributed by atoms with Gasteiger partial charge in [0, 0.05) is 17.1 Å². The van der Waals surface area contributed by atoms with Crippen molar-refractivity contribution in [1.82, 2.24) is 0 Å². The van der Waals surface area contributed by atoms with Gasteiger partial charge in [-0.15, -0.1) is 0 Å². The Labute approximate surface area is 146 Å². The molecule has 0 heterocycles. The van der Waals surface area contributed by atoms with Gasteiger partial charge in [-0.3, -0.25) is 9.59 Å². The van der Waals surface area contributed by atoms with Gasteiger partial charge in [0.2, 0.25) is 11.8 Å². The maximum atomic E-state index is 13.6. The van der Waals surface area contributed by atoms with Crippen molar-refractivity contribution >= 4 is 39.1 Å².